The standard InChI is InChI=1S/C17H15ClN2OS/c18-15-5-7-16(8-6-15)22-10-9-17(21)20-12-14-3-1-13(11-19)2-4-14/h1-8H,9-10,12H2,(H,20,21). The van der Waals surface area contributed by atoms with Crippen molar-refractivity contribution in [2.75, 3.05) is 5.75 Å². The van der Waals surface area contributed by atoms with Crippen LogP contribution in [0.2, 0.25) is 5.02 Å². The van der Waals surface area contributed by atoms with Gasteiger partial charge in [-0.05, 0) is 42.0 Å². The van der Waals surface area contributed by atoms with Crippen LogP contribution in [0.3, 0.4) is 0 Å². The summed E-state index contributed by atoms with van der Waals surface area (Å²) in [6, 6.07) is 16.8. The van der Waals surface area contributed by atoms with E-state index in [2.05, 4.69) is 11.4 Å². The third-order valence-electron chi connectivity index (χ3n) is 2.98. The van der Waals surface area contributed by atoms with Gasteiger partial charge in [0, 0.05) is 28.6 Å². The van der Waals surface area contributed by atoms with Gasteiger partial charge in [0.1, 0.15) is 0 Å². The molecule has 0 saturated heterocycles. The Balaban J connectivity index is 1.69. The van der Waals surface area contributed by atoms with Crippen LogP contribution >= 0.6 is 23.4 Å². The van der Waals surface area contributed by atoms with Gasteiger partial charge in [0.15, 0.2) is 0 Å². The SMILES string of the molecule is N#Cc1ccc(CNC(=O)CCSc2ccc(Cl)cc2)cc1. The lowest BCUT2D eigenvalue weighted by Gasteiger charge is -2.06. The van der Waals surface area contributed by atoms with Crippen LogP contribution in [0.1, 0.15) is 17.5 Å². The number of rotatable bonds is 6. The topological polar surface area (TPSA) is 52.9 Å². The second-order valence-electron chi connectivity index (χ2n) is 4.64. The van der Waals surface area contributed by atoms with Crippen LogP contribution in [-0.4, -0.2) is 11.7 Å². The first-order valence-electron chi connectivity index (χ1n) is 6.81. The average Bonchev–Trinajstić information content (AvgIpc) is 2.55. The molecule has 0 bridgehead atoms. The normalized spacial score (nSPS) is 10.0. The zero-order chi connectivity index (χ0) is 15.8. The molecular formula is C17H15ClN2OS. The predicted molar refractivity (Wildman–Crippen MR) is 89.8 cm³/mol. The number of nitrogens with zero attached hydrogens (tertiary/aromatic N) is 1. The Bertz CT molecular complexity index is 663. The first-order valence-corrected chi connectivity index (χ1v) is 8.18. The average molecular weight is 331 g/mol. The molecule has 1 N–H and O–H groups in total. The lowest BCUT2D eigenvalue weighted by molar-refractivity contribution is -0.120. The Hall–Kier alpha value is -1.96. The lowest BCUT2D eigenvalue weighted by Crippen LogP contribution is -2.22. The van der Waals surface area contributed by atoms with Crippen molar-refractivity contribution in [3.05, 3.63) is 64.7 Å². The maximum Gasteiger partial charge on any atom is 0.221 e. The van der Waals surface area contributed by atoms with E-state index in [1.807, 2.05) is 36.4 Å². The molecule has 0 heterocycles. The van der Waals surface area contributed by atoms with Gasteiger partial charge in [0.25, 0.3) is 0 Å². The van der Waals surface area contributed by atoms with E-state index in [9.17, 15) is 4.79 Å². The van der Waals surface area contributed by atoms with Gasteiger partial charge in [-0.1, -0.05) is 23.7 Å². The third-order valence-corrected chi connectivity index (χ3v) is 4.25. The van der Waals surface area contributed by atoms with Crippen LogP contribution < -0.4 is 5.32 Å². The van der Waals surface area contributed by atoms with Crippen LogP contribution in [0, 0.1) is 11.3 Å². The highest BCUT2D eigenvalue weighted by atomic mass is 35.5. The van der Waals surface area contributed by atoms with E-state index in [1.165, 1.54) is 0 Å². The van der Waals surface area contributed by atoms with Crippen molar-refractivity contribution in [1.82, 2.24) is 5.32 Å². The van der Waals surface area contributed by atoms with E-state index >= 15 is 0 Å². The maximum absolute atomic E-state index is 11.8. The van der Waals surface area contributed by atoms with Crippen molar-refractivity contribution in [2.45, 2.75) is 17.9 Å². The summed E-state index contributed by atoms with van der Waals surface area (Å²) in [5.41, 5.74) is 1.60. The minimum atomic E-state index is 0.0193. The van der Waals surface area contributed by atoms with Gasteiger partial charge < -0.3 is 5.32 Å². The number of amides is 1. The van der Waals surface area contributed by atoms with Gasteiger partial charge in [-0.2, -0.15) is 5.26 Å². The van der Waals surface area contributed by atoms with E-state index in [4.69, 9.17) is 16.9 Å². The number of nitrogens with one attached hydrogen (secondary N) is 1. The van der Waals surface area contributed by atoms with Crippen molar-refractivity contribution < 1.29 is 4.79 Å². The summed E-state index contributed by atoms with van der Waals surface area (Å²) < 4.78 is 0. The minimum Gasteiger partial charge on any atom is -0.352 e. The van der Waals surface area contributed by atoms with Crippen molar-refractivity contribution in [1.29, 1.82) is 5.26 Å². The van der Waals surface area contributed by atoms with E-state index in [0.717, 1.165) is 16.2 Å². The van der Waals surface area contributed by atoms with E-state index in [1.54, 1.807) is 23.9 Å². The number of thioether (sulfide) groups is 1. The molecule has 0 saturated carbocycles. The number of nitriles is 1. The summed E-state index contributed by atoms with van der Waals surface area (Å²) in [5, 5.41) is 12.3. The van der Waals surface area contributed by atoms with Crippen molar-refractivity contribution in [3.63, 3.8) is 0 Å². The zero-order valence-corrected chi connectivity index (χ0v) is 13.5. The second-order valence-corrected chi connectivity index (χ2v) is 6.24. The largest absolute Gasteiger partial charge is 0.352 e. The molecule has 0 aliphatic heterocycles. The molecule has 0 radical (unpaired) electrons. The number of carbonyl (C=O) groups is 1. The lowest BCUT2D eigenvalue weighted by atomic mass is 10.1. The fourth-order valence-corrected chi connectivity index (χ4v) is 2.76. The summed E-state index contributed by atoms with van der Waals surface area (Å²) in [6.07, 6.45) is 0.462. The highest BCUT2D eigenvalue weighted by Crippen LogP contribution is 2.20. The van der Waals surface area contributed by atoms with Gasteiger partial charge in [-0.15, -0.1) is 11.8 Å². The summed E-state index contributed by atoms with van der Waals surface area (Å²) in [6.45, 7) is 0.482. The highest BCUT2D eigenvalue weighted by Gasteiger charge is 2.02. The fraction of sp³-hybridized carbons (Fsp3) is 0.176. The van der Waals surface area contributed by atoms with Crippen molar-refractivity contribution in [2.24, 2.45) is 0 Å². The Morgan fingerprint density at radius 1 is 1.14 bits per heavy atom. The molecule has 112 valence electrons. The molecule has 2 rings (SSSR count). The van der Waals surface area contributed by atoms with E-state index in [-0.39, 0.29) is 5.91 Å². The highest BCUT2D eigenvalue weighted by molar-refractivity contribution is 7.99. The molecule has 0 unspecified atom stereocenters. The number of hydrogen-bond acceptors (Lipinski definition) is 3. The zero-order valence-electron chi connectivity index (χ0n) is 11.9. The van der Waals surface area contributed by atoms with E-state index < -0.39 is 0 Å². The molecule has 0 aliphatic rings. The van der Waals surface area contributed by atoms with E-state index in [0.29, 0.717) is 23.6 Å². The molecule has 1 amide bonds. The van der Waals surface area contributed by atoms with Gasteiger partial charge in [-0.3, -0.25) is 4.79 Å². The molecule has 22 heavy (non-hydrogen) atoms. The first-order chi connectivity index (χ1) is 10.7. The number of hydrogen-bond donors (Lipinski definition) is 1. The molecule has 3 nitrogen and oxygen atoms in total. The Labute approximate surface area is 139 Å². The summed E-state index contributed by atoms with van der Waals surface area (Å²) in [4.78, 5) is 12.9. The Kier molecular flexibility index (Phi) is 6.32. The second kappa shape index (κ2) is 8.47. The molecular weight excluding hydrogens is 316 g/mol. The molecule has 0 spiro atoms. The predicted octanol–water partition coefficient (Wildman–Crippen LogP) is 4.01. The van der Waals surface area contributed by atoms with Gasteiger partial charge in [0.2, 0.25) is 5.91 Å². The van der Waals surface area contributed by atoms with Crippen LogP contribution in [0.15, 0.2) is 53.4 Å². The van der Waals surface area contributed by atoms with Crippen LogP contribution in [0.25, 0.3) is 0 Å². The molecule has 0 aromatic heterocycles. The molecule has 0 aliphatic carbocycles. The smallest absolute Gasteiger partial charge is 0.221 e. The maximum atomic E-state index is 11.8. The fourth-order valence-electron chi connectivity index (χ4n) is 1.78. The van der Waals surface area contributed by atoms with Crippen molar-refractivity contribution >= 4 is 29.3 Å². The Morgan fingerprint density at radius 3 is 2.45 bits per heavy atom. The van der Waals surface area contributed by atoms with Gasteiger partial charge in [0.05, 0.1) is 11.6 Å². The monoisotopic (exact) mass is 330 g/mol. The molecule has 2 aromatic carbocycles. The molecule has 5 heteroatoms. The summed E-state index contributed by atoms with van der Waals surface area (Å²) >= 11 is 7.45. The number of halogens is 1. The Morgan fingerprint density at radius 2 is 1.82 bits per heavy atom. The number of carbonyl (C=O) groups excluding carboxylic acids is 1. The third kappa shape index (κ3) is 5.44. The number of benzene rings is 2. The summed E-state index contributed by atoms with van der Waals surface area (Å²) in [5.74, 6) is 0.742. The van der Waals surface area contributed by atoms with Crippen LogP contribution in [0.4, 0.5) is 0 Å². The molecule has 0 fully saturated rings. The van der Waals surface area contributed by atoms with Crippen LogP contribution in [-0.2, 0) is 11.3 Å². The first kappa shape index (κ1) is 16.4. The van der Waals surface area contributed by atoms with Crippen molar-refractivity contribution in [3.8, 4) is 6.07 Å². The quantitative estimate of drug-likeness (QED) is 0.814. The molecule has 0 atom stereocenters. The minimum absolute atomic E-state index is 0.0193. The van der Waals surface area contributed by atoms with Crippen LogP contribution in [0.5, 0.6) is 0 Å². The van der Waals surface area contributed by atoms with Gasteiger partial charge in [-0.25, -0.2) is 0 Å². The van der Waals surface area contributed by atoms with Gasteiger partial charge >= 0.3 is 0 Å². The molecule has 2 aromatic rings. The summed E-state index contributed by atoms with van der Waals surface area (Å²) in [7, 11) is 0.